The highest BCUT2D eigenvalue weighted by Crippen LogP contribution is 2.50. The third-order valence-electron chi connectivity index (χ3n) is 4.18. The smallest absolute Gasteiger partial charge is 0.209 e. The van der Waals surface area contributed by atoms with Gasteiger partial charge in [-0.2, -0.15) is 0 Å². The lowest BCUT2D eigenvalue weighted by Crippen LogP contribution is -2.29. The Balaban J connectivity index is 2.01. The number of alkyl halides is 1. The van der Waals surface area contributed by atoms with Crippen LogP contribution in [0.5, 0.6) is 11.5 Å². The van der Waals surface area contributed by atoms with E-state index in [1.54, 1.807) is 6.20 Å². The summed E-state index contributed by atoms with van der Waals surface area (Å²) in [6.45, 7) is 2.14. The van der Waals surface area contributed by atoms with Crippen LogP contribution in [-0.4, -0.2) is 4.98 Å². The molecule has 2 heterocycles. The standard InChI is InChI=1S/C18H14BrNO2/c1-18(17-20-11-12(10-19)21-17)13-6-2-4-8-15(13)22-16-9-5-3-7-14(16)18/h2-9,11H,10H2,1H3. The van der Waals surface area contributed by atoms with Gasteiger partial charge in [-0.15, -0.1) is 0 Å². The van der Waals surface area contributed by atoms with Crippen LogP contribution in [0.25, 0.3) is 0 Å². The van der Waals surface area contributed by atoms with Gasteiger partial charge in [0.1, 0.15) is 22.7 Å². The van der Waals surface area contributed by atoms with Crippen LogP contribution in [0.4, 0.5) is 0 Å². The van der Waals surface area contributed by atoms with Crippen LogP contribution in [0.3, 0.4) is 0 Å². The molecule has 0 amide bonds. The fraction of sp³-hybridized carbons (Fsp3) is 0.167. The van der Waals surface area contributed by atoms with Gasteiger partial charge in [0.15, 0.2) is 0 Å². The molecule has 0 saturated carbocycles. The molecule has 22 heavy (non-hydrogen) atoms. The van der Waals surface area contributed by atoms with Gasteiger partial charge in [0, 0.05) is 11.1 Å². The fourth-order valence-corrected chi connectivity index (χ4v) is 3.29. The van der Waals surface area contributed by atoms with Crippen molar-refractivity contribution in [1.82, 2.24) is 4.98 Å². The molecule has 110 valence electrons. The topological polar surface area (TPSA) is 35.3 Å². The fourth-order valence-electron chi connectivity index (χ4n) is 3.03. The molecular formula is C18H14BrNO2. The minimum Gasteiger partial charge on any atom is -0.457 e. The summed E-state index contributed by atoms with van der Waals surface area (Å²) >= 11 is 3.42. The minimum absolute atomic E-state index is 0.466. The van der Waals surface area contributed by atoms with Crippen LogP contribution in [0.1, 0.15) is 29.7 Å². The Kier molecular flexibility index (Phi) is 3.08. The highest BCUT2D eigenvalue weighted by molar-refractivity contribution is 9.08. The number of oxazole rings is 1. The van der Waals surface area contributed by atoms with Crippen LogP contribution >= 0.6 is 15.9 Å². The molecule has 4 heteroatoms. The second kappa shape index (κ2) is 4.99. The normalized spacial score (nSPS) is 14.8. The van der Waals surface area contributed by atoms with Crippen LogP contribution in [0.2, 0.25) is 0 Å². The lowest BCUT2D eigenvalue weighted by atomic mass is 9.74. The van der Waals surface area contributed by atoms with Gasteiger partial charge in [0.05, 0.1) is 11.5 Å². The van der Waals surface area contributed by atoms with Gasteiger partial charge in [-0.25, -0.2) is 4.98 Å². The van der Waals surface area contributed by atoms with E-state index in [0.29, 0.717) is 11.2 Å². The summed E-state index contributed by atoms with van der Waals surface area (Å²) in [6.07, 6.45) is 1.77. The van der Waals surface area contributed by atoms with Crippen molar-refractivity contribution in [2.75, 3.05) is 0 Å². The molecule has 0 saturated heterocycles. The van der Waals surface area contributed by atoms with Crippen molar-refractivity contribution in [2.45, 2.75) is 17.7 Å². The first-order chi connectivity index (χ1) is 10.7. The number of nitrogens with zero attached hydrogens (tertiary/aromatic N) is 1. The molecule has 1 aromatic heterocycles. The molecule has 0 unspecified atom stereocenters. The number of hydrogen-bond acceptors (Lipinski definition) is 3. The molecule has 0 fully saturated rings. The van der Waals surface area contributed by atoms with E-state index >= 15 is 0 Å². The van der Waals surface area contributed by atoms with E-state index in [1.807, 2.05) is 36.4 Å². The Hall–Kier alpha value is -2.07. The van der Waals surface area contributed by atoms with Gasteiger partial charge in [-0.05, 0) is 19.1 Å². The van der Waals surface area contributed by atoms with Crippen molar-refractivity contribution in [3.8, 4) is 11.5 Å². The van der Waals surface area contributed by atoms with Crippen LogP contribution < -0.4 is 4.74 Å². The Morgan fingerprint density at radius 1 is 1.00 bits per heavy atom. The third kappa shape index (κ3) is 1.83. The van der Waals surface area contributed by atoms with Gasteiger partial charge < -0.3 is 9.15 Å². The average Bonchev–Trinajstić information content (AvgIpc) is 3.05. The maximum atomic E-state index is 6.05. The summed E-state index contributed by atoms with van der Waals surface area (Å²) in [5.74, 6) is 3.20. The second-order valence-electron chi connectivity index (χ2n) is 5.48. The predicted octanol–water partition coefficient (Wildman–Crippen LogP) is 5.03. The zero-order chi connectivity index (χ0) is 15.2. The molecule has 3 aromatic rings. The average molecular weight is 356 g/mol. The molecule has 1 aliphatic rings. The third-order valence-corrected chi connectivity index (χ3v) is 4.74. The van der Waals surface area contributed by atoms with E-state index < -0.39 is 5.41 Å². The molecule has 0 radical (unpaired) electrons. The largest absolute Gasteiger partial charge is 0.457 e. The second-order valence-corrected chi connectivity index (χ2v) is 6.05. The Labute approximate surface area is 137 Å². The summed E-state index contributed by atoms with van der Waals surface area (Å²) in [6, 6.07) is 16.1. The SMILES string of the molecule is CC1(c2ncc(CBr)o2)c2ccccc2Oc2ccccc21. The first kappa shape index (κ1) is 13.6. The number of benzene rings is 2. The molecule has 4 rings (SSSR count). The van der Waals surface area contributed by atoms with Crippen molar-refractivity contribution in [3.63, 3.8) is 0 Å². The van der Waals surface area contributed by atoms with Gasteiger partial charge in [0.2, 0.25) is 5.89 Å². The van der Waals surface area contributed by atoms with Gasteiger partial charge in [0.25, 0.3) is 0 Å². The summed E-state index contributed by atoms with van der Waals surface area (Å²) < 4.78 is 12.0. The Bertz CT molecular complexity index is 795. The van der Waals surface area contributed by atoms with Crippen LogP contribution in [-0.2, 0) is 10.7 Å². The Morgan fingerprint density at radius 2 is 1.59 bits per heavy atom. The van der Waals surface area contributed by atoms with Crippen LogP contribution in [0, 0.1) is 0 Å². The quantitative estimate of drug-likeness (QED) is 0.604. The number of para-hydroxylation sites is 2. The maximum Gasteiger partial charge on any atom is 0.209 e. The van der Waals surface area contributed by atoms with Gasteiger partial charge >= 0.3 is 0 Å². The molecule has 3 nitrogen and oxygen atoms in total. The molecular weight excluding hydrogens is 342 g/mol. The van der Waals surface area contributed by atoms with E-state index in [2.05, 4.69) is 40.0 Å². The lowest BCUT2D eigenvalue weighted by Gasteiger charge is -2.34. The molecule has 0 aliphatic carbocycles. The summed E-state index contributed by atoms with van der Waals surface area (Å²) in [5, 5.41) is 0.649. The van der Waals surface area contributed by atoms with Gasteiger partial charge in [-0.3, -0.25) is 0 Å². The van der Waals surface area contributed by atoms with Crippen molar-refractivity contribution < 1.29 is 9.15 Å². The first-order valence-corrected chi connectivity index (χ1v) is 8.23. The van der Waals surface area contributed by atoms with E-state index in [1.165, 1.54) is 0 Å². The molecule has 0 bridgehead atoms. The number of fused-ring (bicyclic) bond motifs is 2. The highest BCUT2D eigenvalue weighted by Gasteiger charge is 2.43. The van der Waals surface area contributed by atoms with Crippen molar-refractivity contribution in [3.05, 3.63) is 77.5 Å². The number of hydrogen-bond donors (Lipinski definition) is 0. The number of ether oxygens (including phenoxy) is 1. The predicted molar refractivity (Wildman–Crippen MR) is 87.6 cm³/mol. The zero-order valence-corrected chi connectivity index (χ0v) is 13.6. The summed E-state index contributed by atoms with van der Waals surface area (Å²) in [7, 11) is 0. The molecule has 2 aromatic carbocycles. The number of rotatable bonds is 2. The molecule has 1 aliphatic heterocycles. The number of aromatic nitrogens is 1. The minimum atomic E-state index is -0.466. The van der Waals surface area contributed by atoms with Crippen molar-refractivity contribution in [2.24, 2.45) is 0 Å². The van der Waals surface area contributed by atoms with E-state index in [-0.39, 0.29) is 0 Å². The number of halogens is 1. The maximum absolute atomic E-state index is 6.05. The van der Waals surface area contributed by atoms with E-state index in [4.69, 9.17) is 9.15 Å². The van der Waals surface area contributed by atoms with Gasteiger partial charge in [-0.1, -0.05) is 52.3 Å². The molecule has 0 spiro atoms. The highest BCUT2D eigenvalue weighted by atomic mass is 79.9. The monoisotopic (exact) mass is 355 g/mol. The van der Waals surface area contributed by atoms with Crippen LogP contribution in [0.15, 0.2) is 59.1 Å². The van der Waals surface area contributed by atoms with Crippen molar-refractivity contribution in [1.29, 1.82) is 0 Å². The zero-order valence-electron chi connectivity index (χ0n) is 12.0. The van der Waals surface area contributed by atoms with E-state index in [0.717, 1.165) is 28.4 Å². The molecule has 0 atom stereocenters. The molecule has 0 N–H and O–H groups in total. The summed E-state index contributed by atoms with van der Waals surface area (Å²) in [5.41, 5.74) is 1.67. The lowest BCUT2D eigenvalue weighted by molar-refractivity contribution is 0.369. The summed E-state index contributed by atoms with van der Waals surface area (Å²) in [4.78, 5) is 4.53. The van der Waals surface area contributed by atoms with Crippen molar-refractivity contribution >= 4 is 15.9 Å². The Morgan fingerprint density at radius 3 is 2.14 bits per heavy atom. The first-order valence-electron chi connectivity index (χ1n) is 7.11. The van der Waals surface area contributed by atoms with E-state index in [9.17, 15) is 0 Å².